The van der Waals surface area contributed by atoms with Crippen molar-refractivity contribution in [2.75, 3.05) is 5.32 Å². The lowest BCUT2D eigenvalue weighted by molar-refractivity contribution is -0.117. The van der Waals surface area contributed by atoms with Gasteiger partial charge in [0.25, 0.3) is 5.91 Å². The van der Waals surface area contributed by atoms with Crippen LogP contribution in [0.15, 0.2) is 54.6 Å². The molecule has 0 aromatic heterocycles. The van der Waals surface area contributed by atoms with E-state index < -0.39 is 4.32 Å². The van der Waals surface area contributed by atoms with Crippen molar-refractivity contribution in [1.82, 2.24) is 0 Å². The second-order valence-corrected chi connectivity index (χ2v) is 5.54. The predicted octanol–water partition coefficient (Wildman–Crippen LogP) is 3.11. The average Bonchev–Trinajstić information content (AvgIpc) is 2.46. The fourth-order valence-electron chi connectivity index (χ4n) is 2.22. The number of hydrogen-bond acceptors (Lipinski definition) is 2. The number of ketones is 1. The van der Waals surface area contributed by atoms with E-state index in [1.807, 2.05) is 6.07 Å². The molecule has 94 valence electrons. The van der Waals surface area contributed by atoms with E-state index in [-0.39, 0.29) is 11.7 Å². The third-order valence-electron chi connectivity index (χ3n) is 3.22. The van der Waals surface area contributed by atoms with Crippen molar-refractivity contribution in [3.05, 3.63) is 65.7 Å². The van der Waals surface area contributed by atoms with Crippen molar-refractivity contribution in [3.63, 3.8) is 0 Å². The van der Waals surface area contributed by atoms with Crippen LogP contribution in [0.3, 0.4) is 0 Å². The Hall–Kier alpha value is -1.94. The van der Waals surface area contributed by atoms with Crippen LogP contribution in [0.2, 0.25) is 0 Å². The lowest BCUT2D eigenvalue weighted by Gasteiger charge is -2.31. The summed E-state index contributed by atoms with van der Waals surface area (Å²) >= 11 is 3.34. The van der Waals surface area contributed by atoms with Gasteiger partial charge in [-0.25, -0.2) is 0 Å². The van der Waals surface area contributed by atoms with Gasteiger partial charge in [-0.1, -0.05) is 58.4 Å². The minimum Gasteiger partial charge on any atom is -0.323 e. The normalized spacial score (nSPS) is 21.7. The summed E-state index contributed by atoms with van der Waals surface area (Å²) in [5.41, 5.74) is 1.71. The summed E-state index contributed by atoms with van der Waals surface area (Å²) in [6, 6.07) is 16.0. The SMILES string of the molecule is O=C1Nc2ccccc2C(=O)C1(Br)c1ccccc1. The number of Topliss-reactive ketones (excluding diaryl/α,β-unsaturated/α-hetero) is 1. The summed E-state index contributed by atoms with van der Waals surface area (Å²) in [5.74, 6) is -0.597. The third-order valence-corrected chi connectivity index (χ3v) is 4.40. The molecule has 3 nitrogen and oxygen atoms in total. The van der Waals surface area contributed by atoms with Gasteiger partial charge < -0.3 is 5.32 Å². The van der Waals surface area contributed by atoms with Gasteiger partial charge in [-0.2, -0.15) is 0 Å². The second-order valence-electron chi connectivity index (χ2n) is 4.35. The lowest BCUT2D eigenvalue weighted by atomic mass is 9.86. The monoisotopic (exact) mass is 315 g/mol. The largest absolute Gasteiger partial charge is 0.323 e. The molecular formula is C15H10BrNO2. The second kappa shape index (κ2) is 4.31. The molecule has 3 rings (SSSR count). The predicted molar refractivity (Wildman–Crippen MR) is 76.4 cm³/mol. The van der Waals surface area contributed by atoms with Gasteiger partial charge in [0.2, 0.25) is 0 Å². The summed E-state index contributed by atoms with van der Waals surface area (Å²) in [6.45, 7) is 0. The van der Waals surface area contributed by atoms with E-state index in [1.54, 1.807) is 48.5 Å². The van der Waals surface area contributed by atoms with E-state index >= 15 is 0 Å². The van der Waals surface area contributed by atoms with Crippen LogP contribution in [0, 0.1) is 0 Å². The van der Waals surface area contributed by atoms with Crippen molar-refractivity contribution in [3.8, 4) is 0 Å². The van der Waals surface area contributed by atoms with Crippen molar-refractivity contribution in [2.45, 2.75) is 4.32 Å². The molecule has 1 heterocycles. The van der Waals surface area contributed by atoms with Crippen LogP contribution in [-0.2, 0) is 9.12 Å². The van der Waals surface area contributed by atoms with Crippen molar-refractivity contribution < 1.29 is 9.59 Å². The molecule has 1 N–H and O–H groups in total. The first kappa shape index (κ1) is 12.1. The molecule has 0 radical (unpaired) electrons. The highest BCUT2D eigenvalue weighted by molar-refractivity contribution is 9.10. The van der Waals surface area contributed by atoms with E-state index in [1.165, 1.54) is 0 Å². The van der Waals surface area contributed by atoms with Gasteiger partial charge in [-0.05, 0) is 17.7 Å². The molecule has 1 aliphatic rings. The van der Waals surface area contributed by atoms with Crippen LogP contribution in [-0.4, -0.2) is 11.7 Å². The number of rotatable bonds is 1. The smallest absolute Gasteiger partial charge is 0.253 e. The van der Waals surface area contributed by atoms with Gasteiger partial charge >= 0.3 is 0 Å². The van der Waals surface area contributed by atoms with Gasteiger partial charge in [0, 0.05) is 5.56 Å². The molecule has 1 unspecified atom stereocenters. The maximum atomic E-state index is 12.6. The Kier molecular flexibility index (Phi) is 2.75. The van der Waals surface area contributed by atoms with E-state index in [0.717, 1.165) is 0 Å². The zero-order valence-corrected chi connectivity index (χ0v) is 11.5. The zero-order valence-electron chi connectivity index (χ0n) is 9.89. The van der Waals surface area contributed by atoms with Gasteiger partial charge in [-0.15, -0.1) is 0 Å². The number of nitrogens with one attached hydrogen (secondary N) is 1. The standard InChI is InChI=1S/C15H10BrNO2/c16-15(10-6-2-1-3-7-10)13(18)11-8-4-5-9-12(11)17-14(15)19/h1-9H,(H,17,19). The van der Waals surface area contributed by atoms with Crippen LogP contribution >= 0.6 is 15.9 Å². The van der Waals surface area contributed by atoms with Crippen LogP contribution in [0.25, 0.3) is 0 Å². The first-order valence-electron chi connectivity index (χ1n) is 5.84. The number of carbonyl (C=O) groups is 2. The molecule has 1 aliphatic heterocycles. The number of anilines is 1. The summed E-state index contributed by atoms with van der Waals surface area (Å²) in [6.07, 6.45) is 0. The number of para-hydroxylation sites is 1. The van der Waals surface area contributed by atoms with E-state index in [9.17, 15) is 9.59 Å². The summed E-state index contributed by atoms with van der Waals surface area (Å²) in [4.78, 5) is 25.0. The first-order valence-corrected chi connectivity index (χ1v) is 6.63. The lowest BCUT2D eigenvalue weighted by Crippen LogP contribution is -2.46. The fraction of sp³-hybridized carbons (Fsp3) is 0.0667. The zero-order chi connectivity index (χ0) is 13.5. The molecule has 0 fully saturated rings. The molecule has 19 heavy (non-hydrogen) atoms. The van der Waals surface area contributed by atoms with Crippen LogP contribution in [0.5, 0.6) is 0 Å². The molecule has 0 saturated carbocycles. The number of benzene rings is 2. The molecule has 1 amide bonds. The molecule has 0 bridgehead atoms. The maximum Gasteiger partial charge on any atom is 0.253 e. The molecule has 0 spiro atoms. The highest BCUT2D eigenvalue weighted by Crippen LogP contribution is 2.41. The Labute approximate surface area is 118 Å². The van der Waals surface area contributed by atoms with Gasteiger partial charge in [0.1, 0.15) is 0 Å². The molecule has 4 heteroatoms. The Bertz CT molecular complexity index is 669. The average molecular weight is 316 g/mol. The number of amides is 1. The number of alkyl halides is 1. The Morgan fingerprint density at radius 3 is 2.26 bits per heavy atom. The summed E-state index contributed by atoms with van der Waals surface area (Å²) < 4.78 is -1.34. The summed E-state index contributed by atoms with van der Waals surface area (Å²) in [5, 5.41) is 2.77. The van der Waals surface area contributed by atoms with Crippen LogP contribution < -0.4 is 5.32 Å². The minimum atomic E-state index is -1.34. The number of halogens is 1. The van der Waals surface area contributed by atoms with Gasteiger partial charge in [0.05, 0.1) is 5.69 Å². The Morgan fingerprint density at radius 1 is 0.895 bits per heavy atom. The maximum absolute atomic E-state index is 12.6. The molecular weight excluding hydrogens is 306 g/mol. The van der Waals surface area contributed by atoms with Crippen molar-refractivity contribution in [1.29, 1.82) is 0 Å². The number of fused-ring (bicyclic) bond motifs is 1. The highest BCUT2D eigenvalue weighted by Gasteiger charge is 2.49. The quantitative estimate of drug-likeness (QED) is 0.649. The van der Waals surface area contributed by atoms with E-state index in [2.05, 4.69) is 21.2 Å². The van der Waals surface area contributed by atoms with E-state index in [0.29, 0.717) is 16.8 Å². The van der Waals surface area contributed by atoms with Crippen LogP contribution in [0.4, 0.5) is 5.69 Å². The Morgan fingerprint density at radius 2 is 1.53 bits per heavy atom. The topological polar surface area (TPSA) is 46.2 Å². The number of carbonyl (C=O) groups excluding carboxylic acids is 2. The number of hydrogen-bond donors (Lipinski definition) is 1. The van der Waals surface area contributed by atoms with E-state index in [4.69, 9.17) is 0 Å². The van der Waals surface area contributed by atoms with Crippen LogP contribution in [0.1, 0.15) is 15.9 Å². The first-order chi connectivity index (χ1) is 9.14. The van der Waals surface area contributed by atoms with Gasteiger partial charge in [0.15, 0.2) is 10.1 Å². The third kappa shape index (κ3) is 1.71. The fourth-order valence-corrected chi connectivity index (χ4v) is 2.79. The van der Waals surface area contributed by atoms with Crippen molar-refractivity contribution in [2.24, 2.45) is 0 Å². The highest BCUT2D eigenvalue weighted by atomic mass is 79.9. The summed E-state index contributed by atoms with van der Waals surface area (Å²) in [7, 11) is 0. The molecule has 0 aliphatic carbocycles. The molecule has 2 aromatic carbocycles. The minimum absolute atomic E-state index is 0.238. The Balaban J connectivity index is 2.19. The molecule has 1 atom stereocenters. The molecule has 0 saturated heterocycles. The van der Waals surface area contributed by atoms with Gasteiger partial charge in [-0.3, -0.25) is 9.59 Å². The molecule has 2 aromatic rings. The van der Waals surface area contributed by atoms with Crippen molar-refractivity contribution >= 4 is 33.3 Å².